The molecule has 2 N–H and O–H groups in total. The third kappa shape index (κ3) is 4.06. The zero-order chi connectivity index (χ0) is 17.2. The third-order valence-electron chi connectivity index (χ3n) is 4.87. The smallest absolute Gasteiger partial charge is 0.225 e. The fourth-order valence-corrected chi connectivity index (χ4v) is 3.34. The van der Waals surface area contributed by atoms with Crippen molar-refractivity contribution in [3.05, 3.63) is 41.6 Å². The van der Waals surface area contributed by atoms with E-state index in [4.69, 9.17) is 0 Å². The molecule has 0 aliphatic heterocycles. The Morgan fingerprint density at radius 2 is 1.72 bits per heavy atom. The number of rotatable bonds is 5. The van der Waals surface area contributed by atoms with E-state index in [2.05, 4.69) is 20.6 Å². The monoisotopic (exact) mass is 344 g/mol. The number of anilines is 3. The number of benzene rings is 1. The summed E-state index contributed by atoms with van der Waals surface area (Å²) in [6.07, 6.45) is 8.21. The molecule has 1 aromatic carbocycles. The minimum absolute atomic E-state index is 0.0871. The Labute approximate surface area is 146 Å². The summed E-state index contributed by atoms with van der Waals surface area (Å²) in [5.74, 6) is 0.541. The molecule has 2 aromatic rings. The third-order valence-corrected chi connectivity index (χ3v) is 4.87. The predicted octanol–water partition coefficient (Wildman–Crippen LogP) is 5.12. The average Bonchev–Trinajstić information content (AvgIpc) is 3.44. The summed E-state index contributed by atoms with van der Waals surface area (Å²) in [7, 11) is 0. The van der Waals surface area contributed by atoms with Crippen molar-refractivity contribution >= 4 is 17.5 Å². The summed E-state index contributed by atoms with van der Waals surface area (Å²) in [6, 6.07) is 5.59. The van der Waals surface area contributed by atoms with Crippen molar-refractivity contribution in [2.75, 3.05) is 10.6 Å². The van der Waals surface area contributed by atoms with Crippen molar-refractivity contribution in [3.63, 3.8) is 0 Å². The average molecular weight is 344 g/mol. The summed E-state index contributed by atoms with van der Waals surface area (Å²) >= 11 is 0. The standard InChI is InChI=1S/C19H22F2N4/c20-13-8-9-15(21)17(10-13)23-18-11-16(12-6-7-12)24-19(25-18)22-14-4-2-1-3-5-14/h8-12,14H,1-7H2,(H2,22,23,24,25). The molecule has 1 heterocycles. The lowest BCUT2D eigenvalue weighted by molar-refractivity contribution is 0.460. The summed E-state index contributed by atoms with van der Waals surface area (Å²) < 4.78 is 27.3. The lowest BCUT2D eigenvalue weighted by atomic mass is 9.96. The van der Waals surface area contributed by atoms with Crippen LogP contribution in [0.25, 0.3) is 0 Å². The van der Waals surface area contributed by atoms with Crippen LogP contribution in [0.1, 0.15) is 56.6 Å². The second kappa shape index (κ2) is 6.94. The molecule has 25 heavy (non-hydrogen) atoms. The number of nitrogens with zero attached hydrogens (tertiary/aromatic N) is 2. The Bertz CT molecular complexity index is 755. The zero-order valence-corrected chi connectivity index (χ0v) is 14.1. The molecule has 2 aliphatic rings. The van der Waals surface area contributed by atoms with Crippen LogP contribution in [-0.4, -0.2) is 16.0 Å². The first-order valence-electron chi connectivity index (χ1n) is 9.05. The fraction of sp³-hybridized carbons (Fsp3) is 0.474. The molecule has 4 rings (SSSR count). The van der Waals surface area contributed by atoms with Gasteiger partial charge in [0.05, 0.1) is 11.4 Å². The second-order valence-electron chi connectivity index (χ2n) is 7.00. The van der Waals surface area contributed by atoms with Crippen molar-refractivity contribution in [2.45, 2.75) is 56.9 Å². The first kappa shape index (κ1) is 16.2. The van der Waals surface area contributed by atoms with Crippen molar-refractivity contribution < 1.29 is 8.78 Å². The van der Waals surface area contributed by atoms with Gasteiger partial charge in [0, 0.05) is 24.1 Å². The first-order chi connectivity index (χ1) is 12.2. The second-order valence-corrected chi connectivity index (χ2v) is 7.00. The van der Waals surface area contributed by atoms with Gasteiger partial charge in [-0.15, -0.1) is 0 Å². The molecule has 0 spiro atoms. The van der Waals surface area contributed by atoms with Crippen LogP contribution >= 0.6 is 0 Å². The molecule has 0 unspecified atom stereocenters. The Morgan fingerprint density at radius 3 is 2.48 bits per heavy atom. The van der Waals surface area contributed by atoms with Gasteiger partial charge < -0.3 is 10.6 Å². The van der Waals surface area contributed by atoms with E-state index in [0.29, 0.717) is 23.7 Å². The number of nitrogens with one attached hydrogen (secondary N) is 2. The molecule has 2 aliphatic carbocycles. The highest BCUT2D eigenvalue weighted by atomic mass is 19.1. The number of hydrogen-bond acceptors (Lipinski definition) is 4. The van der Waals surface area contributed by atoms with Crippen molar-refractivity contribution in [2.24, 2.45) is 0 Å². The molecule has 1 aromatic heterocycles. The van der Waals surface area contributed by atoms with Gasteiger partial charge in [-0.3, -0.25) is 0 Å². The molecule has 6 heteroatoms. The minimum atomic E-state index is -0.505. The van der Waals surface area contributed by atoms with E-state index in [0.717, 1.165) is 49.6 Å². The normalized spacial score (nSPS) is 18.2. The fourth-order valence-electron chi connectivity index (χ4n) is 3.34. The quantitative estimate of drug-likeness (QED) is 0.790. The predicted molar refractivity (Wildman–Crippen MR) is 94.1 cm³/mol. The van der Waals surface area contributed by atoms with Crippen LogP contribution in [0.3, 0.4) is 0 Å². The van der Waals surface area contributed by atoms with Crippen LogP contribution in [0.5, 0.6) is 0 Å². The summed E-state index contributed by atoms with van der Waals surface area (Å²) in [6.45, 7) is 0. The Morgan fingerprint density at radius 1 is 0.920 bits per heavy atom. The van der Waals surface area contributed by atoms with Crippen molar-refractivity contribution in [3.8, 4) is 0 Å². The van der Waals surface area contributed by atoms with Crippen LogP contribution in [0, 0.1) is 11.6 Å². The van der Waals surface area contributed by atoms with E-state index >= 15 is 0 Å². The summed E-state index contributed by atoms with van der Waals surface area (Å²) in [5, 5.41) is 6.33. The van der Waals surface area contributed by atoms with Gasteiger partial charge in [-0.1, -0.05) is 19.3 Å². The van der Waals surface area contributed by atoms with Gasteiger partial charge in [-0.05, 0) is 37.8 Å². The maximum atomic E-state index is 13.9. The molecule has 2 saturated carbocycles. The van der Waals surface area contributed by atoms with Gasteiger partial charge in [0.2, 0.25) is 5.95 Å². The molecule has 132 valence electrons. The molecule has 0 saturated heterocycles. The largest absolute Gasteiger partial charge is 0.351 e. The van der Waals surface area contributed by atoms with Crippen molar-refractivity contribution in [1.82, 2.24) is 9.97 Å². The zero-order valence-electron chi connectivity index (χ0n) is 14.1. The maximum Gasteiger partial charge on any atom is 0.225 e. The number of halogens is 2. The molecular formula is C19H22F2N4. The SMILES string of the molecule is Fc1ccc(F)c(Nc2cc(C3CC3)nc(NC3CCCCC3)n2)c1. The van der Waals surface area contributed by atoms with Crippen LogP contribution in [-0.2, 0) is 0 Å². The first-order valence-corrected chi connectivity index (χ1v) is 9.05. The van der Waals surface area contributed by atoms with Crippen molar-refractivity contribution in [1.29, 1.82) is 0 Å². The maximum absolute atomic E-state index is 13.9. The highest BCUT2D eigenvalue weighted by Gasteiger charge is 2.27. The highest BCUT2D eigenvalue weighted by Crippen LogP contribution is 2.40. The lowest BCUT2D eigenvalue weighted by Gasteiger charge is -2.23. The number of hydrogen-bond donors (Lipinski definition) is 2. The molecule has 0 bridgehead atoms. The van der Waals surface area contributed by atoms with E-state index in [1.807, 2.05) is 6.07 Å². The van der Waals surface area contributed by atoms with Gasteiger partial charge in [0.1, 0.15) is 17.5 Å². The molecule has 2 fully saturated rings. The van der Waals surface area contributed by atoms with Gasteiger partial charge in [-0.25, -0.2) is 13.8 Å². The minimum Gasteiger partial charge on any atom is -0.351 e. The Balaban J connectivity index is 1.58. The van der Waals surface area contributed by atoms with E-state index in [1.54, 1.807) is 0 Å². The highest BCUT2D eigenvalue weighted by molar-refractivity contribution is 5.58. The Kier molecular flexibility index (Phi) is 4.51. The molecule has 4 nitrogen and oxygen atoms in total. The molecular weight excluding hydrogens is 322 g/mol. The van der Waals surface area contributed by atoms with Gasteiger partial charge in [-0.2, -0.15) is 4.98 Å². The van der Waals surface area contributed by atoms with Crippen LogP contribution in [0.15, 0.2) is 24.3 Å². The van der Waals surface area contributed by atoms with E-state index < -0.39 is 11.6 Å². The summed E-state index contributed by atoms with van der Waals surface area (Å²) in [5.41, 5.74) is 1.05. The van der Waals surface area contributed by atoms with Gasteiger partial charge in [0.15, 0.2) is 0 Å². The van der Waals surface area contributed by atoms with Crippen LogP contribution < -0.4 is 10.6 Å². The lowest BCUT2D eigenvalue weighted by Crippen LogP contribution is -2.23. The number of aromatic nitrogens is 2. The Hall–Kier alpha value is -2.24. The van der Waals surface area contributed by atoms with Gasteiger partial charge >= 0.3 is 0 Å². The van der Waals surface area contributed by atoms with E-state index in [1.165, 1.54) is 19.3 Å². The van der Waals surface area contributed by atoms with E-state index in [-0.39, 0.29) is 5.69 Å². The molecule has 0 atom stereocenters. The van der Waals surface area contributed by atoms with E-state index in [9.17, 15) is 8.78 Å². The topological polar surface area (TPSA) is 49.8 Å². The molecule has 0 radical (unpaired) electrons. The summed E-state index contributed by atoms with van der Waals surface area (Å²) in [4.78, 5) is 9.12. The van der Waals surface area contributed by atoms with Crippen LogP contribution in [0.2, 0.25) is 0 Å². The van der Waals surface area contributed by atoms with Gasteiger partial charge in [0.25, 0.3) is 0 Å². The van der Waals surface area contributed by atoms with Crippen LogP contribution in [0.4, 0.5) is 26.2 Å². The molecule has 0 amide bonds.